The number of rotatable bonds is 60. The van der Waals surface area contributed by atoms with Gasteiger partial charge in [-0.05, 0) is 96.3 Å². The summed E-state index contributed by atoms with van der Waals surface area (Å²) in [6.45, 7) is 6.60. The number of allylic oxidation sites excluding steroid dienone is 8. The summed E-state index contributed by atoms with van der Waals surface area (Å²) in [6, 6.07) is 0. The zero-order chi connectivity index (χ0) is 53.6. The smallest absolute Gasteiger partial charge is 0.306 e. The van der Waals surface area contributed by atoms with Crippen LogP contribution in [0.2, 0.25) is 0 Å². The minimum atomic E-state index is -0.778. The van der Waals surface area contributed by atoms with E-state index in [9.17, 15) is 14.4 Å². The Morgan fingerprint density at radius 3 is 0.811 bits per heavy atom. The highest BCUT2D eigenvalue weighted by Crippen LogP contribution is 2.17. The summed E-state index contributed by atoms with van der Waals surface area (Å²) in [4.78, 5) is 38.2. The van der Waals surface area contributed by atoms with Crippen LogP contribution in [0.3, 0.4) is 0 Å². The Morgan fingerprint density at radius 2 is 0.514 bits per heavy atom. The van der Waals surface area contributed by atoms with Crippen molar-refractivity contribution in [3.8, 4) is 0 Å². The molecule has 0 spiro atoms. The van der Waals surface area contributed by atoms with E-state index < -0.39 is 6.10 Å². The minimum absolute atomic E-state index is 0.0751. The van der Waals surface area contributed by atoms with E-state index in [2.05, 4.69) is 69.4 Å². The Labute approximate surface area is 460 Å². The fraction of sp³-hybridized carbons (Fsp3) is 0.838. The van der Waals surface area contributed by atoms with Crippen LogP contribution in [-0.4, -0.2) is 37.2 Å². The van der Waals surface area contributed by atoms with Gasteiger partial charge in [0.1, 0.15) is 13.2 Å². The maximum absolute atomic E-state index is 12.9. The van der Waals surface area contributed by atoms with Gasteiger partial charge in [0.05, 0.1) is 0 Å². The van der Waals surface area contributed by atoms with E-state index in [1.165, 1.54) is 231 Å². The van der Waals surface area contributed by atoms with Crippen LogP contribution in [-0.2, 0) is 28.6 Å². The van der Waals surface area contributed by atoms with Gasteiger partial charge in [-0.3, -0.25) is 14.4 Å². The molecule has 0 heterocycles. The molecule has 0 aliphatic heterocycles. The monoisotopic (exact) mass is 1040 g/mol. The van der Waals surface area contributed by atoms with Gasteiger partial charge in [0.15, 0.2) is 6.10 Å². The predicted octanol–water partition coefficient (Wildman–Crippen LogP) is 22.2. The van der Waals surface area contributed by atoms with E-state index in [0.29, 0.717) is 19.3 Å². The Hall–Kier alpha value is -2.63. The molecule has 0 radical (unpaired) electrons. The highest BCUT2D eigenvalue weighted by molar-refractivity contribution is 5.71. The highest BCUT2D eigenvalue weighted by atomic mass is 16.6. The molecule has 0 aromatic carbocycles. The van der Waals surface area contributed by atoms with Crippen molar-refractivity contribution in [2.75, 3.05) is 13.2 Å². The molecule has 0 saturated carbocycles. The van der Waals surface area contributed by atoms with Crippen molar-refractivity contribution in [3.63, 3.8) is 0 Å². The molecule has 74 heavy (non-hydrogen) atoms. The van der Waals surface area contributed by atoms with E-state index in [0.717, 1.165) is 77.0 Å². The molecule has 0 saturated heterocycles. The van der Waals surface area contributed by atoms with Crippen molar-refractivity contribution in [2.24, 2.45) is 0 Å². The van der Waals surface area contributed by atoms with E-state index in [4.69, 9.17) is 14.2 Å². The molecule has 6 nitrogen and oxygen atoms in total. The molecule has 0 fully saturated rings. The van der Waals surface area contributed by atoms with E-state index in [-0.39, 0.29) is 31.1 Å². The average Bonchev–Trinajstić information content (AvgIpc) is 3.40. The molecule has 0 aromatic rings. The first-order chi connectivity index (χ1) is 36.5. The van der Waals surface area contributed by atoms with Crippen LogP contribution in [0.1, 0.15) is 348 Å². The van der Waals surface area contributed by atoms with Crippen LogP contribution in [0.4, 0.5) is 0 Å². The fourth-order valence-electron chi connectivity index (χ4n) is 9.59. The molecule has 0 aliphatic carbocycles. The second-order valence-corrected chi connectivity index (χ2v) is 22.0. The average molecular weight is 1040 g/mol. The number of carbonyl (C=O) groups excluding carboxylic acids is 3. The highest BCUT2D eigenvalue weighted by Gasteiger charge is 2.19. The molecule has 0 rings (SSSR count). The molecule has 1 atom stereocenters. The first-order valence-corrected chi connectivity index (χ1v) is 32.6. The minimum Gasteiger partial charge on any atom is -0.462 e. The Balaban J connectivity index is 4.20. The fourth-order valence-corrected chi connectivity index (χ4v) is 9.59. The van der Waals surface area contributed by atoms with Crippen LogP contribution in [0.25, 0.3) is 0 Å². The Bertz CT molecular complexity index is 1280. The lowest BCUT2D eigenvalue weighted by Gasteiger charge is -2.18. The van der Waals surface area contributed by atoms with Gasteiger partial charge >= 0.3 is 17.9 Å². The van der Waals surface area contributed by atoms with Crippen molar-refractivity contribution < 1.29 is 28.6 Å². The van der Waals surface area contributed by atoms with Crippen LogP contribution in [0, 0.1) is 0 Å². The standard InChI is InChI=1S/C68H124O6/c1-4-7-10-13-16-19-22-24-26-28-30-32-33-34-35-37-38-40-42-44-46-49-52-55-58-61-67(70)73-64-65(63-72-66(69)60-57-54-51-48-21-18-15-12-9-6-3)74-68(71)62-59-56-53-50-47-45-43-41-39-36-31-29-27-25-23-20-17-14-11-8-5-2/h12,15,23,25,28-31,65H,4-11,13-14,16-22,24,26-27,32-64H2,1-3H3/b15-12-,25-23-,30-28-,31-29-. The lowest BCUT2D eigenvalue weighted by Crippen LogP contribution is -2.30. The van der Waals surface area contributed by atoms with Gasteiger partial charge in [-0.1, -0.05) is 281 Å². The molecule has 0 bridgehead atoms. The van der Waals surface area contributed by atoms with Gasteiger partial charge in [-0.15, -0.1) is 0 Å². The largest absolute Gasteiger partial charge is 0.462 e. The predicted molar refractivity (Wildman–Crippen MR) is 321 cm³/mol. The van der Waals surface area contributed by atoms with Crippen LogP contribution in [0.5, 0.6) is 0 Å². The topological polar surface area (TPSA) is 78.9 Å². The third-order valence-electron chi connectivity index (χ3n) is 14.5. The van der Waals surface area contributed by atoms with Gasteiger partial charge in [-0.25, -0.2) is 0 Å². The number of unbranched alkanes of at least 4 members (excludes halogenated alkanes) is 41. The first-order valence-electron chi connectivity index (χ1n) is 32.6. The lowest BCUT2D eigenvalue weighted by atomic mass is 10.0. The molecule has 0 amide bonds. The molecule has 0 aliphatic rings. The number of esters is 3. The number of hydrogen-bond acceptors (Lipinski definition) is 6. The summed E-state index contributed by atoms with van der Waals surface area (Å²) in [7, 11) is 0. The summed E-state index contributed by atoms with van der Waals surface area (Å²) >= 11 is 0. The van der Waals surface area contributed by atoms with Gasteiger partial charge in [0.2, 0.25) is 0 Å². The zero-order valence-corrected chi connectivity index (χ0v) is 49.6. The summed E-state index contributed by atoms with van der Waals surface area (Å²) in [5, 5.41) is 0. The Morgan fingerprint density at radius 1 is 0.270 bits per heavy atom. The second-order valence-electron chi connectivity index (χ2n) is 22.0. The maximum Gasteiger partial charge on any atom is 0.306 e. The van der Waals surface area contributed by atoms with Gasteiger partial charge < -0.3 is 14.2 Å². The summed E-state index contributed by atoms with van der Waals surface area (Å²) in [5.74, 6) is -0.873. The van der Waals surface area contributed by atoms with Gasteiger partial charge in [0, 0.05) is 19.3 Å². The molecule has 0 aromatic heterocycles. The zero-order valence-electron chi connectivity index (χ0n) is 49.6. The number of hydrogen-bond donors (Lipinski definition) is 0. The summed E-state index contributed by atoms with van der Waals surface area (Å²) < 4.78 is 16.9. The van der Waals surface area contributed by atoms with Crippen LogP contribution in [0.15, 0.2) is 48.6 Å². The quantitative estimate of drug-likeness (QED) is 0.0261. The molecule has 0 N–H and O–H groups in total. The number of ether oxygens (including phenoxy) is 3. The van der Waals surface area contributed by atoms with Gasteiger partial charge in [0.25, 0.3) is 0 Å². The molecule has 432 valence electrons. The normalized spacial score (nSPS) is 12.3. The van der Waals surface area contributed by atoms with Crippen molar-refractivity contribution >= 4 is 17.9 Å². The molecular weight excluding hydrogens is 913 g/mol. The maximum atomic E-state index is 12.9. The lowest BCUT2D eigenvalue weighted by molar-refractivity contribution is -0.167. The third kappa shape index (κ3) is 60.2. The molecular formula is C68H124O6. The van der Waals surface area contributed by atoms with E-state index in [1.54, 1.807) is 0 Å². The molecule has 6 heteroatoms. The Kier molecular flexibility index (Phi) is 60.7. The third-order valence-corrected chi connectivity index (χ3v) is 14.5. The van der Waals surface area contributed by atoms with Crippen molar-refractivity contribution in [1.82, 2.24) is 0 Å². The van der Waals surface area contributed by atoms with Crippen LogP contribution >= 0.6 is 0 Å². The van der Waals surface area contributed by atoms with Crippen molar-refractivity contribution in [3.05, 3.63) is 48.6 Å². The van der Waals surface area contributed by atoms with E-state index >= 15 is 0 Å². The molecule has 1 unspecified atom stereocenters. The van der Waals surface area contributed by atoms with Crippen LogP contribution < -0.4 is 0 Å². The van der Waals surface area contributed by atoms with Gasteiger partial charge in [-0.2, -0.15) is 0 Å². The second kappa shape index (κ2) is 62.9. The number of carbonyl (C=O) groups is 3. The SMILES string of the molecule is CCC/C=C\CCCCCCCC(=O)OCC(COC(=O)CCCCCCCCCCCCCCC/C=C\CCCCCCCCCC)OC(=O)CCCCCCCCCCC/C=C\C/C=C\CCCCCCC. The van der Waals surface area contributed by atoms with Crippen molar-refractivity contribution in [1.29, 1.82) is 0 Å². The summed E-state index contributed by atoms with van der Waals surface area (Å²) in [5.41, 5.74) is 0. The van der Waals surface area contributed by atoms with Crippen molar-refractivity contribution in [2.45, 2.75) is 354 Å². The van der Waals surface area contributed by atoms with E-state index in [1.807, 2.05) is 0 Å². The first kappa shape index (κ1) is 71.4. The summed E-state index contributed by atoms with van der Waals surface area (Å²) in [6.07, 6.45) is 78.5.